The number of anilines is 1. The van der Waals surface area contributed by atoms with Crippen LogP contribution in [0.1, 0.15) is 27.2 Å². The number of carbonyl (C=O) groups excluding carboxylic acids is 2. The molecule has 1 fully saturated rings. The molecule has 3 aromatic rings. The van der Waals surface area contributed by atoms with Crippen LogP contribution in [0.5, 0.6) is 5.75 Å². The number of benzene rings is 2. The number of hydrogen-bond acceptors (Lipinski definition) is 5. The van der Waals surface area contributed by atoms with Gasteiger partial charge in [0.15, 0.2) is 10.6 Å². The predicted molar refractivity (Wildman–Crippen MR) is 119 cm³/mol. The molecule has 1 spiro atoms. The van der Waals surface area contributed by atoms with Crippen molar-refractivity contribution in [2.45, 2.75) is 18.3 Å². The molecule has 2 aromatic carbocycles. The molecule has 5 rings (SSSR count). The van der Waals surface area contributed by atoms with Crippen molar-refractivity contribution in [2.75, 3.05) is 24.3 Å². The van der Waals surface area contributed by atoms with Gasteiger partial charge in [-0.3, -0.25) is 9.59 Å². The van der Waals surface area contributed by atoms with Gasteiger partial charge in [0.1, 0.15) is 5.75 Å². The highest BCUT2D eigenvalue weighted by Gasteiger charge is 2.60. The zero-order valence-corrected chi connectivity index (χ0v) is 18.1. The zero-order chi connectivity index (χ0) is 21.6. The molecule has 6 nitrogen and oxygen atoms in total. The van der Waals surface area contributed by atoms with Crippen molar-refractivity contribution in [2.24, 2.45) is 0 Å². The maximum atomic E-state index is 14.0. The Morgan fingerprint density at radius 3 is 2.71 bits per heavy atom. The first-order valence-electron chi connectivity index (χ1n) is 10.1. The molecule has 1 aromatic heterocycles. The van der Waals surface area contributed by atoms with Crippen LogP contribution in [0.25, 0.3) is 0 Å². The zero-order valence-electron chi connectivity index (χ0n) is 17.3. The Morgan fingerprint density at radius 1 is 1.19 bits per heavy atom. The highest BCUT2D eigenvalue weighted by Crippen LogP contribution is 2.55. The molecule has 3 heterocycles. The molecule has 0 aliphatic carbocycles. The maximum absolute atomic E-state index is 14.0. The summed E-state index contributed by atoms with van der Waals surface area (Å²) in [6, 6.07) is 17.1. The van der Waals surface area contributed by atoms with E-state index in [1.54, 1.807) is 29.0 Å². The van der Waals surface area contributed by atoms with Gasteiger partial charge >= 0.3 is 0 Å². The summed E-state index contributed by atoms with van der Waals surface area (Å²) in [4.78, 5) is 29.6. The van der Waals surface area contributed by atoms with E-state index < -0.39 is 4.87 Å². The third-order valence-electron chi connectivity index (χ3n) is 5.84. The van der Waals surface area contributed by atoms with Crippen molar-refractivity contribution in [3.8, 4) is 5.75 Å². The lowest BCUT2D eigenvalue weighted by atomic mass is 10.0. The van der Waals surface area contributed by atoms with Crippen LogP contribution in [-0.4, -0.2) is 36.1 Å². The minimum Gasteiger partial charge on any atom is -0.497 e. The van der Waals surface area contributed by atoms with Crippen LogP contribution in [-0.2, 0) is 16.2 Å². The number of fused-ring (bicyclic) bond motifs is 2. The lowest BCUT2D eigenvalue weighted by Gasteiger charge is -2.32. The fourth-order valence-electron chi connectivity index (χ4n) is 4.29. The van der Waals surface area contributed by atoms with Crippen LogP contribution in [0, 0.1) is 6.92 Å². The summed E-state index contributed by atoms with van der Waals surface area (Å²) in [6.45, 7) is 2.93. The van der Waals surface area contributed by atoms with Gasteiger partial charge in [0.2, 0.25) is 0 Å². The molecule has 0 radical (unpaired) electrons. The van der Waals surface area contributed by atoms with E-state index in [1.165, 1.54) is 23.6 Å². The third kappa shape index (κ3) is 3.03. The third-order valence-corrected chi connectivity index (χ3v) is 7.26. The number of nitrogens with zero attached hydrogens (tertiary/aromatic N) is 2. The Kier molecular flexibility index (Phi) is 4.78. The van der Waals surface area contributed by atoms with E-state index in [1.807, 2.05) is 49.4 Å². The van der Waals surface area contributed by atoms with Crippen molar-refractivity contribution in [3.63, 3.8) is 0 Å². The van der Waals surface area contributed by atoms with Gasteiger partial charge in [0.05, 0.1) is 25.6 Å². The summed E-state index contributed by atoms with van der Waals surface area (Å²) < 4.78 is 10.8. The molecule has 7 heteroatoms. The van der Waals surface area contributed by atoms with E-state index in [0.29, 0.717) is 24.6 Å². The number of ether oxygens (including phenoxy) is 1. The highest BCUT2D eigenvalue weighted by atomic mass is 32.2. The second-order valence-electron chi connectivity index (χ2n) is 7.69. The molecule has 0 saturated carbocycles. The van der Waals surface area contributed by atoms with E-state index in [4.69, 9.17) is 9.15 Å². The average molecular weight is 435 g/mol. The van der Waals surface area contributed by atoms with Gasteiger partial charge in [-0.25, -0.2) is 0 Å². The molecule has 0 N–H and O–H groups in total. The van der Waals surface area contributed by atoms with Gasteiger partial charge < -0.3 is 19.0 Å². The molecular weight excluding hydrogens is 412 g/mol. The molecule has 2 amide bonds. The van der Waals surface area contributed by atoms with Crippen LogP contribution >= 0.6 is 11.8 Å². The number of furan rings is 1. The van der Waals surface area contributed by atoms with Crippen LogP contribution in [0.4, 0.5) is 5.69 Å². The van der Waals surface area contributed by atoms with Gasteiger partial charge in [-0.05, 0) is 42.8 Å². The number of aryl methyl sites for hydroxylation is 1. The number of rotatable bonds is 4. The van der Waals surface area contributed by atoms with Crippen molar-refractivity contribution in [1.29, 1.82) is 0 Å². The van der Waals surface area contributed by atoms with Crippen LogP contribution in [0.3, 0.4) is 0 Å². The molecule has 2 aliphatic heterocycles. The molecule has 0 bridgehead atoms. The number of thioether (sulfide) groups is 1. The summed E-state index contributed by atoms with van der Waals surface area (Å²) in [6.07, 6.45) is 1.47. The van der Waals surface area contributed by atoms with E-state index in [2.05, 4.69) is 0 Å². The monoisotopic (exact) mass is 434 g/mol. The van der Waals surface area contributed by atoms with Crippen molar-refractivity contribution in [1.82, 2.24) is 4.90 Å². The predicted octanol–water partition coefficient (Wildman–Crippen LogP) is 4.19. The molecule has 1 atom stereocenters. The summed E-state index contributed by atoms with van der Waals surface area (Å²) in [5.74, 6) is 1.15. The second-order valence-corrected chi connectivity index (χ2v) is 8.97. The van der Waals surface area contributed by atoms with E-state index in [-0.39, 0.29) is 17.6 Å². The largest absolute Gasteiger partial charge is 0.497 e. The number of carbonyl (C=O) groups is 2. The second kappa shape index (κ2) is 7.50. The molecule has 1 saturated heterocycles. The van der Waals surface area contributed by atoms with Crippen molar-refractivity contribution in [3.05, 3.63) is 83.3 Å². The first-order chi connectivity index (χ1) is 15.0. The van der Waals surface area contributed by atoms with Gasteiger partial charge in [-0.1, -0.05) is 29.8 Å². The maximum Gasteiger partial charge on any atom is 0.291 e. The Labute approximate surface area is 184 Å². The summed E-state index contributed by atoms with van der Waals surface area (Å²) >= 11 is 1.49. The first-order valence-corrected chi connectivity index (χ1v) is 11.1. The Hall–Kier alpha value is -3.19. The van der Waals surface area contributed by atoms with Crippen molar-refractivity contribution >= 4 is 29.3 Å². The van der Waals surface area contributed by atoms with Gasteiger partial charge in [-0.2, -0.15) is 0 Å². The molecule has 31 heavy (non-hydrogen) atoms. The minimum absolute atomic E-state index is 0.112. The fraction of sp³-hybridized carbons (Fsp3) is 0.250. The van der Waals surface area contributed by atoms with Crippen LogP contribution < -0.4 is 9.64 Å². The quantitative estimate of drug-likeness (QED) is 0.616. The SMILES string of the molecule is COc1ccc2c(c1)C1(SCCN1C(=O)c1ccco1)C(=O)N2Cc1ccc(C)cc1. The summed E-state index contributed by atoms with van der Waals surface area (Å²) in [7, 11) is 1.60. The summed E-state index contributed by atoms with van der Waals surface area (Å²) in [5, 5.41) is 0. The van der Waals surface area contributed by atoms with Crippen molar-refractivity contribution < 1.29 is 18.7 Å². The fourth-order valence-corrected chi connectivity index (χ4v) is 5.74. The van der Waals surface area contributed by atoms with Gasteiger partial charge in [0, 0.05) is 17.9 Å². The normalized spacial score (nSPS) is 19.9. The highest BCUT2D eigenvalue weighted by molar-refractivity contribution is 8.01. The average Bonchev–Trinajstić information content (AvgIpc) is 3.52. The number of hydrogen-bond donors (Lipinski definition) is 0. The van der Waals surface area contributed by atoms with Gasteiger partial charge in [-0.15, -0.1) is 11.8 Å². The standard InChI is InChI=1S/C24H22N2O4S/c1-16-5-7-17(8-6-16)15-25-20-10-9-18(29-2)14-19(20)24(23(25)28)26(11-13-31-24)22(27)21-4-3-12-30-21/h3-10,12,14H,11,13,15H2,1-2H3. The molecule has 1 unspecified atom stereocenters. The van der Waals surface area contributed by atoms with Crippen LogP contribution in [0.15, 0.2) is 65.3 Å². The van der Waals surface area contributed by atoms with Gasteiger partial charge in [0.25, 0.3) is 11.8 Å². The Bertz CT molecular complexity index is 1140. The Morgan fingerprint density at radius 2 is 2.00 bits per heavy atom. The molecule has 158 valence electrons. The van der Waals surface area contributed by atoms with E-state index in [0.717, 1.165) is 16.8 Å². The number of methoxy groups -OCH3 is 1. The van der Waals surface area contributed by atoms with E-state index >= 15 is 0 Å². The van der Waals surface area contributed by atoms with Crippen LogP contribution in [0.2, 0.25) is 0 Å². The smallest absolute Gasteiger partial charge is 0.291 e. The topological polar surface area (TPSA) is 63.0 Å². The molecule has 2 aliphatic rings. The number of amides is 2. The lowest BCUT2D eigenvalue weighted by molar-refractivity contribution is -0.123. The molecular formula is C24H22N2O4S. The minimum atomic E-state index is -1.13. The Balaban J connectivity index is 1.61. The first kappa shape index (κ1) is 19.8. The summed E-state index contributed by atoms with van der Waals surface area (Å²) in [5.41, 5.74) is 3.79. The van der Waals surface area contributed by atoms with E-state index in [9.17, 15) is 9.59 Å². The lowest BCUT2D eigenvalue weighted by Crippen LogP contribution is -2.50.